The molecule has 1 amide bonds. The summed E-state index contributed by atoms with van der Waals surface area (Å²) in [5.74, 6) is -0.357. The minimum atomic E-state index is -4.25. The van der Waals surface area contributed by atoms with Gasteiger partial charge in [0.05, 0.1) is 11.6 Å². The maximum Gasteiger partial charge on any atom is 0.391 e. The van der Waals surface area contributed by atoms with Gasteiger partial charge in [0.2, 0.25) is 0 Å². The SMILES string of the molecule is CCc1cc(C[C@@H](C)C(F)(F)F)ncc1-c1c(C)c(C(=O)NCC2CCC(C)CC2)nn1CC.O=S=O. The van der Waals surface area contributed by atoms with Crippen LogP contribution in [0.2, 0.25) is 0 Å². The van der Waals surface area contributed by atoms with E-state index >= 15 is 0 Å². The Bertz CT molecular complexity index is 1090. The van der Waals surface area contributed by atoms with Crippen molar-refractivity contribution in [3.05, 3.63) is 34.8 Å². The maximum absolute atomic E-state index is 13.0. The summed E-state index contributed by atoms with van der Waals surface area (Å²) < 4.78 is 57.4. The molecule has 0 spiro atoms. The first-order chi connectivity index (χ1) is 17.5. The fourth-order valence-electron chi connectivity index (χ4n) is 4.78. The minimum Gasteiger partial charge on any atom is -0.350 e. The molecule has 2 aromatic heterocycles. The zero-order valence-electron chi connectivity index (χ0n) is 22.2. The predicted octanol–water partition coefficient (Wildman–Crippen LogP) is 5.46. The summed E-state index contributed by atoms with van der Waals surface area (Å²) in [6.07, 6.45) is 2.56. The minimum absolute atomic E-state index is 0.156. The molecule has 0 radical (unpaired) electrons. The van der Waals surface area contributed by atoms with Gasteiger partial charge < -0.3 is 5.32 Å². The topological polar surface area (TPSA) is 93.9 Å². The number of alkyl halides is 3. The van der Waals surface area contributed by atoms with Crippen molar-refractivity contribution in [2.45, 2.75) is 85.9 Å². The van der Waals surface area contributed by atoms with E-state index in [1.807, 2.05) is 20.8 Å². The highest BCUT2D eigenvalue weighted by Gasteiger charge is 2.36. The molecule has 37 heavy (non-hydrogen) atoms. The molecule has 0 saturated heterocycles. The summed E-state index contributed by atoms with van der Waals surface area (Å²) in [6, 6.07) is 1.76. The van der Waals surface area contributed by atoms with Crippen molar-refractivity contribution < 1.29 is 26.4 Å². The van der Waals surface area contributed by atoms with Gasteiger partial charge in [-0.1, -0.05) is 33.6 Å². The molecular formula is C26H37F3N4O3S. The van der Waals surface area contributed by atoms with Crippen LogP contribution in [0, 0.1) is 24.7 Å². The Morgan fingerprint density at radius 2 is 1.84 bits per heavy atom. The van der Waals surface area contributed by atoms with Crippen LogP contribution in [-0.2, 0) is 31.0 Å². The highest BCUT2D eigenvalue weighted by Crippen LogP contribution is 2.32. The molecule has 3 rings (SSSR count). The van der Waals surface area contributed by atoms with E-state index in [-0.39, 0.29) is 12.3 Å². The van der Waals surface area contributed by atoms with Crippen molar-refractivity contribution in [2.24, 2.45) is 17.8 Å². The Hall–Kier alpha value is -2.56. The molecule has 1 aliphatic carbocycles. The summed E-state index contributed by atoms with van der Waals surface area (Å²) in [6.45, 7) is 10.5. The highest BCUT2D eigenvalue weighted by atomic mass is 32.1. The van der Waals surface area contributed by atoms with Crippen molar-refractivity contribution >= 4 is 17.5 Å². The van der Waals surface area contributed by atoms with Gasteiger partial charge in [0.1, 0.15) is 0 Å². The van der Waals surface area contributed by atoms with Gasteiger partial charge in [-0.2, -0.15) is 26.7 Å². The normalized spacial score (nSPS) is 18.5. The van der Waals surface area contributed by atoms with E-state index in [0.717, 1.165) is 41.1 Å². The molecule has 2 heterocycles. The molecule has 7 nitrogen and oxygen atoms in total. The van der Waals surface area contributed by atoms with Gasteiger partial charge in [-0.15, -0.1) is 0 Å². The standard InChI is InChI=1S/C26H37F3N4O.O2S/c1-6-20-13-21(12-17(4)26(27,28)29)30-15-22(20)24-18(5)23(32-33(24)7-2)25(34)31-14-19-10-8-16(3)9-11-19;1-3-2/h13,15-17,19H,6-12,14H2,1-5H3,(H,31,34);/t16?,17-,19?;/m1./s1. The zero-order valence-corrected chi connectivity index (χ0v) is 23.0. The van der Waals surface area contributed by atoms with E-state index in [2.05, 4.69) is 22.3 Å². The van der Waals surface area contributed by atoms with Crippen molar-refractivity contribution in [3.63, 3.8) is 0 Å². The first-order valence-electron chi connectivity index (χ1n) is 12.8. The van der Waals surface area contributed by atoms with Crippen molar-refractivity contribution in [2.75, 3.05) is 6.54 Å². The fourth-order valence-corrected chi connectivity index (χ4v) is 4.78. The van der Waals surface area contributed by atoms with Crippen LogP contribution in [0.1, 0.15) is 80.7 Å². The van der Waals surface area contributed by atoms with Crippen LogP contribution < -0.4 is 5.32 Å². The number of halogens is 3. The van der Waals surface area contributed by atoms with Crippen LogP contribution in [0.15, 0.2) is 12.3 Å². The summed E-state index contributed by atoms with van der Waals surface area (Å²) in [5, 5.41) is 7.66. The Balaban J connectivity index is 0.00000153. The van der Waals surface area contributed by atoms with Gasteiger partial charge in [0.25, 0.3) is 5.91 Å². The second-order valence-corrected chi connectivity index (χ2v) is 10.0. The lowest BCUT2D eigenvalue weighted by atomic mass is 9.83. The lowest BCUT2D eigenvalue weighted by Gasteiger charge is -2.26. The van der Waals surface area contributed by atoms with E-state index < -0.39 is 23.7 Å². The number of nitrogens with one attached hydrogen (secondary N) is 1. The number of rotatable bonds is 8. The highest BCUT2D eigenvalue weighted by molar-refractivity contribution is 7.51. The molecule has 0 unspecified atom stereocenters. The van der Waals surface area contributed by atoms with Crippen LogP contribution in [0.5, 0.6) is 0 Å². The Morgan fingerprint density at radius 3 is 2.38 bits per heavy atom. The number of nitrogens with zero attached hydrogens (tertiary/aromatic N) is 3. The van der Waals surface area contributed by atoms with Gasteiger partial charge in [-0.25, -0.2) is 0 Å². The molecule has 206 valence electrons. The first-order valence-corrected chi connectivity index (χ1v) is 13.5. The second kappa shape index (κ2) is 13.8. The van der Waals surface area contributed by atoms with Crippen LogP contribution in [-0.4, -0.2) is 41.8 Å². The number of hydrogen-bond donors (Lipinski definition) is 1. The largest absolute Gasteiger partial charge is 0.391 e. The molecule has 0 aromatic carbocycles. The van der Waals surface area contributed by atoms with Crippen molar-refractivity contribution in [1.82, 2.24) is 20.1 Å². The number of aromatic nitrogens is 3. The molecule has 1 aliphatic rings. The monoisotopic (exact) mass is 542 g/mol. The van der Waals surface area contributed by atoms with Crippen molar-refractivity contribution in [1.29, 1.82) is 0 Å². The van der Waals surface area contributed by atoms with Gasteiger partial charge in [-0.3, -0.25) is 14.5 Å². The quantitative estimate of drug-likeness (QED) is 0.478. The summed E-state index contributed by atoms with van der Waals surface area (Å²) >= 11 is -0.750. The van der Waals surface area contributed by atoms with Crippen LogP contribution in [0.3, 0.4) is 0 Å². The molecule has 0 bridgehead atoms. The molecule has 1 fully saturated rings. The number of aryl methyl sites for hydroxylation is 2. The molecule has 1 atom stereocenters. The molecule has 1 saturated carbocycles. The third-order valence-electron chi connectivity index (χ3n) is 7.15. The molecular weight excluding hydrogens is 505 g/mol. The van der Waals surface area contributed by atoms with E-state index in [0.29, 0.717) is 36.8 Å². The third kappa shape index (κ3) is 8.21. The average molecular weight is 543 g/mol. The van der Waals surface area contributed by atoms with Gasteiger partial charge >= 0.3 is 17.7 Å². The maximum atomic E-state index is 13.0. The molecule has 0 aliphatic heterocycles. The number of hydrogen-bond acceptors (Lipinski definition) is 5. The second-order valence-electron chi connectivity index (χ2n) is 9.88. The fraction of sp³-hybridized carbons (Fsp3) is 0.654. The number of carbonyl (C=O) groups is 1. The summed E-state index contributed by atoms with van der Waals surface area (Å²) in [5.41, 5.74) is 4.12. The van der Waals surface area contributed by atoms with Crippen molar-refractivity contribution in [3.8, 4) is 11.3 Å². The van der Waals surface area contributed by atoms with E-state index in [1.54, 1.807) is 16.9 Å². The average Bonchev–Trinajstić information content (AvgIpc) is 3.19. The zero-order chi connectivity index (χ0) is 27.8. The Kier molecular flexibility index (Phi) is 11.5. The molecule has 1 N–H and O–H groups in total. The third-order valence-corrected chi connectivity index (χ3v) is 7.15. The summed E-state index contributed by atoms with van der Waals surface area (Å²) in [7, 11) is 0. The van der Waals surface area contributed by atoms with Gasteiger partial charge in [-0.05, 0) is 56.6 Å². The van der Waals surface area contributed by atoms with Gasteiger partial charge in [0.15, 0.2) is 5.69 Å². The predicted molar refractivity (Wildman–Crippen MR) is 137 cm³/mol. The summed E-state index contributed by atoms with van der Waals surface area (Å²) in [4.78, 5) is 17.3. The molecule has 11 heteroatoms. The molecule has 2 aromatic rings. The number of carbonyl (C=O) groups excluding carboxylic acids is 1. The van der Waals surface area contributed by atoms with E-state index in [1.165, 1.54) is 19.8 Å². The number of pyridine rings is 1. The van der Waals surface area contributed by atoms with Crippen LogP contribution in [0.4, 0.5) is 13.2 Å². The van der Waals surface area contributed by atoms with E-state index in [9.17, 15) is 18.0 Å². The lowest BCUT2D eigenvalue weighted by molar-refractivity contribution is -0.169. The van der Waals surface area contributed by atoms with Crippen LogP contribution >= 0.6 is 0 Å². The van der Waals surface area contributed by atoms with E-state index in [4.69, 9.17) is 8.42 Å². The smallest absolute Gasteiger partial charge is 0.350 e. The van der Waals surface area contributed by atoms with Crippen LogP contribution in [0.25, 0.3) is 11.3 Å². The lowest BCUT2D eigenvalue weighted by Crippen LogP contribution is -2.31. The van der Waals surface area contributed by atoms with Gasteiger partial charge in [0, 0.05) is 42.5 Å². The first kappa shape index (κ1) is 30.7. The Labute approximate surface area is 220 Å². The number of amides is 1. The Morgan fingerprint density at radius 1 is 1.22 bits per heavy atom.